The van der Waals surface area contributed by atoms with Gasteiger partial charge in [-0.2, -0.15) is 0 Å². The van der Waals surface area contributed by atoms with E-state index >= 15 is 0 Å². The standard InChI is InChI=1S/C13H19N5OS/c1-5-6-9-15-10(18-17-9)11(19)16-12-14-8(7-20-12)13(2,3)4/h7H,5-6H2,1-4H3,(H,14,16,19)(H,15,17,18). The van der Waals surface area contributed by atoms with Crippen LogP contribution in [0, 0.1) is 0 Å². The highest BCUT2D eigenvalue weighted by atomic mass is 32.1. The minimum absolute atomic E-state index is 0.0294. The van der Waals surface area contributed by atoms with Crippen LogP contribution < -0.4 is 5.32 Å². The summed E-state index contributed by atoms with van der Waals surface area (Å²) in [5.41, 5.74) is 0.928. The van der Waals surface area contributed by atoms with E-state index in [2.05, 4.69) is 46.3 Å². The number of hydrogen-bond acceptors (Lipinski definition) is 5. The van der Waals surface area contributed by atoms with E-state index < -0.39 is 0 Å². The van der Waals surface area contributed by atoms with E-state index in [4.69, 9.17) is 0 Å². The van der Waals surface area contributed by atoms with Crippen molar-refractivity contribution < 1.29 is 4.79 Å². The first-order valence-electron chi connectivity index (χ1n) is 6.58. The molecule has 1 amide bonds. The molecule has 2 rings (SSSR count). The quantitative estimate of drug-likeness (QED) is 0.908. The number of aryl methyl sites for hydroxylation is 1. The van der Waals surface area contributed by atoms with Crippen LogP contribution in [-0.2, 0) is 11.8 Å². The second-order valence-corrected chi connectivity index (χ2v) is 6.46. The number of H-pyrrole nitrogens is 1. The maximum atomic E-state index is 12.0. The number of carbonyl (C=O) groups excluding carboxylic acids is 1. The van der Waals surface area contributed by atoms with Gasteiger partial charge in [0.05, 0.1) is 5.69 Å². The van der Waals surface area contributed by atoms with Crippen LogP contribution in [0.5, 0.6) is 0 Å². The van der Waals surface area contributed by atoms with Crippen molar-refractivity contribution in [3.8, 4) is 0 Å². The number of thiazole rings is 1. The highest BCUT2D eigenvalue weighted by molar-refractivity contribution is 7.14. The van der Waals surface area contributed by atoms with Gasteiger partial charge in [-0.15, -0.1) is 16.4 Å². The number of hydrogen-bond donors (Lipinski definition) is 2. The second-order valence-electron chi connectivity index (χ2n) is 5.60. The summed E-state index contributed by atoms with van der Waals surface area (Å²) in [6.07, 6.45) is 1.74. The Morgan fingerprint density at radius 3 is 2.75 bits per heavy atom. The van der Waals surface area contributed by atoms with E-state index in [-0.39, 0.29) is 17.1 Å². The van der Waals surface area contributed by atoms with Crippen molar-refractivity contribution in [2.24, 2.45) is 0 Å². The predicted octanol–water partition coefficient (Wildman–Crippen LogP) is 2.76. The van der Waals surface area contributed by atoms with Gasteiger partial charge in [0.25, 0.3) is 5.91 Å². The van der Waals surface area contributed by atoms with Crippen molar-refractivity contribution in [1.82, 2.24) is 20.2 Å². The molecule has 108 valence electrons. The first kappa shape index (κ1) is 14.6. The van der Waals surface area contributed by atoms with Crippen LogP contribution in [0.25, 0.3) is 0 Å². The molecule has 0 aromatic carbocycles. The molecule has 20 heavy (non-hydrogen) atoms. The van der Waals surface area contributed by atoms with Crippen LogP contribution in [0.1, 0.15) is 56.3 Å². The van der Waals surface area contributed by atoms with Crippen molar-refractivity contribution in [2.75, 3.05) is 5.32 Å². The molecule has 0 bridgehead atoms. The van der Waals surface area contributed by atoms with Crippen LogP contribution in [0.15, 0.2) is 5.38 Å². The summed E-state index contributed by atoms with van der Waals surface area (Å²) in [7, 11) is 0. The monoisotopic (exact) mass is 293 g/mol. The van der Waals surface area contributed by atoms with Gasteiger partial charge in [-0.25, -0.2) is 9.97 Å². The van der Waals surface area contributed by atoms with Gasteiger partial charge in [0, 0.05) is 17.2 Å². The lowest BCUT2D eigenvalue weighted by atomic mass is 9.93. The Balaban J connectivity index is 2.05. The summed E-state index contributed by atoms with van der Waals surface area (Å²) in [4.78, 5) is 20.6. The van der Waals surface area contributed by atoms with E-state index in [0.29, 0.717) is 5.13 Å². The number of nitrogens with zero attached hydrogens (tertiary/aromatic N) is 3. The lowest BCUT2D eigenvalue weighted by molar-refractivity contribution is 0.101. The molecule has 0 unspecified atom stereocenters. The summed E-state index contributed by atoms with van der Waals surface area (Å²) in [5, 5.41) is 11.9. The van der Waals surface area contributed by atoms with Crippen molar-refractivity contribution in [1.29, 1.82) is 0 Å². The van der Waals surface area contributed by atoms with Gasteiger partial charge < -0.3 is 0 Å². The average molecular weight is 293 g/mol. The topological polar surface area (TPSA) is 83.6 Å². The SMILES string of the molecule is CCCc1nc(C(=O)Nc2nc(C(C)(C)C)cs2)n[nH]1. The smallest absolute Gasteiger partial charge is 0.295 e. The van der Waals surface area contributed by atoms with Gasteiger partial charge in [-0.3, -0.25) is 15.2 Å². The van der Waals surface area contributed by atoms with Crippen LogP contribution >= 0.6 is 11.3 Å². The summed E-state index contributed by atoms with van der Waals surface area (Å²) in [6.45, 7) is 8.30. The Bertz CT molecular complexity index is 596. The van der Waals surface area contributed by atoms with E-state index in [9.17, 15) is 4.79 Å². The Morgan fingerprint density at radius 1 is 1.40 bits per heavy atom. The van der Waals surface area contributed by atoms with E-state index in [1.165, 1.54) is 11.3 Å². The highest BCUT2D eigenvalue weighted by Crippen LogP contribution is 2.26. The fraction of sp³-hybridized carbons (Fsp3) is 0.538. The molecule has 0 spiro atoms. The van der Waals surface area contributed by atoms with Crippen LogP contribution in [0.2, 0.25) is 0 Å². The Hall–Kier alpha value is -1.76. The molecule has 0 aliphatic carbocycles. The van der Waals surface area contributed by atoms with Crippen molar-refractivity contribution in [3.05, 3.63) is 22.7 Å². The highest BCUT2D eigenvalue weighted by Gasteiger charge is 2.19. The summed E-state index contributed by atoms with van der Waals surface area (Å²) >= 11 is 1.41. The minimum atomic E-state index is -0.335. The Labute approximate surface area is 122 Å². The molecule has 7 heteroatoms. The Kier molecular flexibility index (Phi) is 4.17. The van der Waals surface area contributed by atoms with Crippen LogP contribution in [-0.4, -0.2) is 26.1 Å². The number of amides is 1. The fourth-order valence-electron chi connectivity index (χ4n) is 1.57. The maximum absolute atomic E-state index is 12.0. The average Bonchev–Trinajstić information content (AvgIpc) is 2.97. The van der Waals surface area contributed by atoms with Crippen LogP contribution in [0.3, 0.4) is 0 Å². The molecule has 0 radical (unpaired) electrons. The van der Waals surface area contributed by atoms with Gasteiger partial charge >= 0.3 is 0 Å². The molecule has 2 N–H and O–H groups in total. The largest absolute Gasteiger partial charge is 0.297 e. The summed E-state index contributed by atoms with van der Waals surface area (Å²) in [5.74, 6) is 0.548. The van der Waals surface area contributed by atoms with Crippen LogP contribution in [0.4, 0.5) is 5.13 Å². The third-order valence-corrected chi connectivity index (χ3v) is 3.47. The number of carbonyl (C=O) groups is 1. The molecule has 2 aromatic rings. The zero-order chi connectivity index (χ0) is 14.8. The second kappa shape index (κ2) is 5.70. The summed E-state index contributed by atoms with van der Waals surface area (Å²) < 4.78 is 0. The number of anilines is 1. The van der Waals surface area contributed by atoms with E-state index in [0.717, 1.165) is 24.4 Å². The fourth-order valence-corrected chi connectivity index (χ4v) is 2.51. The molecule has 0 aliphatic rings. The lowest BCUT2D eigenvalue weighted by Gasteiger charge is -2.14. The number of aromatic amines is 1. The predicted molar refractivity (Wildman–Crippen MR) is 79.1 cm³/mol. The number of rotatable bonds is 4. The summed E-state index contributed by atoms with van der Waals surface area (Å²) in [6, 6.07) is 0. The van der Waals surface area contributed by atoms with Gasteiger partial charge in [-0.1, -0.05) is 27.7 Å². The third kappa shape index (κ3) is 3.41. The molecule has 0 saturated carbocycles. The van der Waals surface area contributed by atoms with Crippen molar-refractivity contribution in [2.45, 2.75) is 46.0 Å². The molecule has 0 aliphatic heterocycles. The zero-order valence-electron chi connectivity index (χ0n) is 12.1. The van der Waals surface area contributed by atoms with E-state index in [1.54, 1.807) is 0 Å². The first-order chi connectivity index (χ1) is 9.40. The van der Waals surface area contributed by atoms with Gasteiger partial charge in [0.15, 0.2) is 5.13 Å². The van der Waals surface area contributed by atoms with E-state index in [1.807, 2.05) is 12.3 Å². The zero-order valence-corrected chi connectivity index (χ0v) is 13.0. The molecule has 0 fully saturated rings. The molecular weight excluding hydrogens is 274 g/mol. The lowest BCUT2D eigenvalue weighted by Crippen LogP contribution is -2.15. The number of aromatic nitrogens is 4. The molecule has 2 aromatic heterocycles. The molecule has 0 saturated heterocycles. The molecular formula is C13H19N5OS. The normalized spacial score (nSPS) is 11.6. The third-order valence-electron chi connectivity index (χ3n) is 2.71. The molecule has 0 atom stereocenters. The molecule has 2 heterocycles. The minimum Gasteiger partial charge on any atom is -0.295 e. The van der Waals surface area contributed by atoms with Gasteiger partial charge in [-0.05, 0) is 6.42 Å². The molecule has 6 nitrogen and oxygen atoms in total. The van der Waals surface area contributed by atoms with Gasteiger partial charge in [0.1, 0.15) is 5.82 Å². The van der Waals surface area contributed by atoms with Gasteiger partial charge in [0.2, 0.25) is 5.82 Å². The Morgan fingerprint density at radius 2 is 2.15 bits per heavy atom. The number of nitrogens with one attached hydrogen (secondary N) is 2. The van der Waals surface area contributed by atoms with Crippen molar-refractivity contribution in [3.63, 3.8) is 0 Å². The van der Waals surface area contributed by atoms with Crippen molar-refractivity contribution >= 4 is 22.4 Å². The maximum Gasteiger partial charge on any atom is 0.297 e. The first-order valence-corrected chi connectivity index (χ1v) is 7.46.